The van der Waals surface area contributed by atoms with Crippen LogP contribution in [-0.2, 0) is 9.53 Å². The van der Waals surface area contributed by atoms with Gasteiger partial charge in [-0.2, -0.15) is 0 Å². The summed E-state index contributed by atoms with van der Waals surface area (Å²) >= 11 is 0. The van der Waals surface area contributed by atoms with E-state index in [-0.39, 0.29) is 11.5 Å². The topological polar surface area (TPSA) is 26.3 Å². The lowest BCUT2D eigenvalue weighted by Crippen LogP contribution is -2.55. The maximum absolute atomic E-state index is 12.0. The van der Waals surface area contributed by atoms with Gasteiger partial charge >= 0.3 is 0 Å². The molecule has 0 aromatic heterocycles. The summed E-state index contributed by atoms with van der Waals surface area (Å²) in [6.45, 7) is 5.45. The number of hydrogen-bond acceptors (Lipinski definition) is 2. The predicted molar refractivity (Wildman–Crippen MR) is 71.3 cm³/mol. The van der Waals surface area contributed by atoms with Crippen LogP contribution in [0.25, 0.3) is 0 Å². The van der Waals surface area contributed by atoms with E-state index in [1.54, 1.807) is 0 Å². The lowest BCUT2D eigenvalue weighted by molar-refractivity contribution is -0.179. The number of Topliss-reactive ketones (excluding diaryl/α,β-unsaturated/α-hetero) is 1. The van der Waals surface area contributed by atoms with E-state index < -0.39 is 0 Å². The van der Waals surface area contributed by atoms with Crippen molar-refractivity contribution in [1.29, 1.82) is 0 Å². The first-order valence-corrected chi connectivity index (χ1v) is 7.79. The zero-order valence-electron chi connectivity index (χ0n) is 11.8. The molecule has 1 heterocycles. The standard InChI is InChI=1S/C16H26O2/c1-11-9-13-12(2)15(17)6-5-14(13)16(10-11)7-3-4-8-18-16/h11-14H,3-10H2,1-2H3. The summed E-state index contributed by atoms with van der Waals surface area (Å²) in [7, 11) is 0. The molecule has 0 bridgehead atoms. The molecule has 3 fully saturated rings. The van der Waals surface area contributed by atoms with Gasteiger partial charge in [0.1, 0.15) is 5.78 Å². The molecular formula is C16H26O2. The van der Waals surface area contributed by atoms with E-state index in [0.29, 0.717) is 17.6 Å². The van der Waals surface area contributed by atoms with E-state index in [9.17, 15) is 4.79 Å². The molecular weight excluding hydrogens is 224 g/mol. The van der Waals surface area contributed by atoms with Crippen molar-refractivity contribution in [2.45, 2.75) is 64.4 Å². The molecule has 1 aliphatic heterocycles. The smallest absolute Gasteiger partial charge is 0.136 e. The van der Waals surface area contributed by atoms with Crippen LogP contribution in [0, 0.1) is 23.7 Å². The molecule has 0 N–H and O–H groups in total. The van der Waals surface area contributed by atoms with E-state index in [1.165, 1.54) is 32.1 Å². The Kier molecular flexibility index (Phi) is 3.25. The van der Waals surface area contributed by atoms with E-state index in [1.807, 2.05) is 0 Å². The van der Waals surface area contributed by atoms with Crippen LogP contribution < -0.4 is 0 Å². The third kappa shape index (κ3) is 1.93. The minimum absolute atomic E-state index is 0.134. The van der Waals surface area contributed by atoms with Crippen molar-refractivity contribution in [3.63, 3.8) is 0 Å². The first-order chi connectivity index (χ1) is 8.62. The van der Waals surface area contributed by atoms with Gasteiger partial charge in [-0.25, -0.2) is 0 Å². The number of carbonyl (C=O) groups is 1. The van der Waals surface area contributed by atoms with Gasteiger partial charge in [-0.15, -0.1) is 0 Å². The number of rotatable bonds is 0. The lowest BCUT2D eigenvalue weighted by Gasteiger charge is -2.55. The van der Waals surface area contributed by atoms with E-state index in [0.717, 1.165) is 25.4 Å². The molecule has 2 saturated carbocycles. The maximum atomic E-state index is 12.0. The van der Waals surface area contributed by atoms with Crippen molar-refractivity contribution in [3.8, 4) is 0 Å². The molecule has 1 saturated heterocycles. The normalized spacial score (nSPS) is 49.1. The van der Waals surface area contributed by atoms with Crippen LogP contribution in [0.4, 0.5) is 0 Å². The fourth-order valence-electron chi connectivity index (χ4n) is 4.96. The molecule has 2 aliphatic carbocycles. The van der Waals surface area contributed by atoms with Crippen molar-refractivity contribution in [3.05, 3.63) is 0 Å². The van der Waals surface area contributed by atoms with Gasteiger partial charge in [-0.1, -0.05) is 13.8 Å². The minimum atomic E-state index is 0.134. The van der Waals surface area contributed by atoms with Crippen molar-refractivity contribution in [1.82, 2.24) is 0 Å². The Bertz CT molecular complexity index is 330. The Morgan fingerprint density at radius 3 is 2.83 bits per heavy atom. The Morgan fingerprint density at radius 1 is 1.28 bits per heavy atom. The van der Waals surface area contributed by atoms with Crippen LogP contribution in [0.1, 0.15) is 58.8 Å². The molecule has 0 aromatic rings. The summed E-state index contributed by atoms with van der Waals surface area (Å²) in [6.07, 6.45) is 8.12. The molecule has 2 heteroatoms. The third-order valence-corrected chi connectivity index (χ3v) is 5.80. The molecule has 0 amide bonds. The van der Waals surface area contributed by atoms with Crippen LogP contribution >= 0.6 is 0 Å². The quantitative estimate of drug-likeness (QED) is 0.657. The summed E-state index contributed by atoms with van der Waals surface area (Å²) in [5, 5.41) is 0. The van der Waals surface area contributed by atoms with Crippen molar-refractivity contribution in [2.75, 3.05) is 6.61 Å². The lowest BCUT2D eigenvalue weighted by atomic mass is 9.56. The van der Waals surface area contributed by atoms with Crippen molar-refractivity contribution in [2.24, 2.45) is 23.7 Å². The van der Waals surface area contributed by atoms with E-state index in [2.05, 4.69) is 13.8 Å². The molecule has 5 atom stereocenters. The van der Waals surface area contributed by atoms with Crippen molar-refractivity contribution >= 4 is 5.78 Å². The molecule has 3 rings (SSSR count). The zero-order chi connectivity index (χ0) is 12.8. The summed E-state index contributed by atoms with van der Waals surface area (Å²) in [5.74, 6) is 2.73. The van der Waals surface area contributed by atoms with Gasteiger partial charge in [0.15, 0.2) is 0 Å². The van der Waals surface area contributed by atoms with E-state index >= 15 is 0 Å². The van der Waals surface area contributed by atoms with Gasteiger partial charge in [0, 0.05) is 18.9 Å². The number of ether oxygens (including phenoxy) is 1. The first kappa shape index (κ1) is 12.7. The highest BCUT2D eigenvalue weighted by Crippen LogP contribution is 2.53. The molecule has 3 aliphatic rings. The van der Waals surface area contributed by atoms with Crippen molar-refractivity contribution < 1.29 is 9.53 Å². The molecule has 0 aromatic carbocycles. The van der Waals surface area contributed by atoms with Gasteiger partial charge in [-0.3, -0.25) is 4.79 Å². The predicted octanol–water partition coefficient (Wildman–Crippen LogP) is 3.59. The molecule has 102 valence electrons. The summed E-state index contributed by atoms with van der Waals surface area (Å²) in [4.78, 5) is 12.0. The summed E-state index contributed by atoms with van der Waals surface area (Å²) in [6, 6.07) is 0. The Balaban J connectivity index is 1.88. The fraction of sp³-hybridized carbons (Fsp3) is 0.938. The number of carbonyl (C=O) groups excluding carboxylic acids is 1. The van der Waals surface area contributed by atoms with Crippen LogP contribution in [0.2, 0.25) is 0 Å². The fourth-order valence-corrected chi connectivity index (χ4v) is 4.96. The van der Waals surface area contributed by atoms with Gasteiger partial charge in [-0.05, 0) is 56.3 Å². The average Bonchev–Trinajstić information content (AvgIpc) is 2.35. The molecule has 1 spiro atoms. The number of hydrogen-bond donors (Lipinski definition) is 0. The van der Waals surface area contributed by atoms with Crippen LogP contribution in [0.15, 0.2) is 0 Å². The molecule has 2 nitrogen and oxygen atoms in total. The third-order valence-electron chi connectivity index (χ3n) is 5.80. The highest BCUT2D eigenvalue weighted by Gasteiger charge is 2.52. The second kappa shape index (κ2) is 4.63. The zero-order valence-corrected chi connectivity index (χ0v) is 11.8. The van der Waals surface area contributed by atoms with Gasteiger partial charge < -0.3 is 4.74 Å². The SMILES string of the molecule is CC1CC2C(C)C(=O)CCC2C2(CCCCO2)C1. The van der Waals surface area contributed by atoms with Crippen LogP contribution in [0.5, 0.6) is 0 Å². The van der Waals surface area contributed by atoms with Gasteiger partial charge in [0.2, 0.25) is 0 Å². The second-order valence-electron chi connectivity index (χ2n) is 6.98. The maximum Gasteiger partial charge on any atom is 0.136 e. The Hall–Kier alpha value is -0.370. The largest absolute Gasteiger partial charge is 0.375 e. The van der Waals surface area contributed by atoms with Crippen LogP contribution in [0.3, 0.4) is 0 Å². The van der Waals surface area contributed by atoms with E-state index in [4.69, 9.17) is 4.74 Å². The molecule has 5 unspecified atom stereocenters. The van der Waals surface area contributed by atoms with Crippen LogP contribution in [-0.4, -0.2) is 18.0 Å². The molecule has 0 radical (unpaired) electrons. The minimum Gasteiger partial charge on any atom is -0.375 e. The number of fused-ring (bicyclic) bond motifs is 2. The highest BCUT2D eigenvalue weighted by atomic mass is 16.5. The molecule has 18 heavy (non-hydrogen) atoms. The highest BCUT2D eigenvalue weighted by molar-refractivity contribution is 5.81. The summed E-state index contributed by atoms with van der Waals surface area (Å²) < 4.78 is 6.32. The van der Waals surface area contributed by atoms with Gasteiger partial charge in [0.25, 0.3) is 0 Å². The Morgan fingerprint density at radius 2 is 2.11 bits per heavy atom. The summed E-state index contributed by atoms with van der Waals surface area (Å²) in [5.41, 5.74) is 0.134. The average molecular weight is 250 g/mol. The first-order valence-electron chi connectivity index (χ1n) is 7.79. The second-order valence-corrected chi connectivity index (χ2v) is 6.98. The number of ketones is 1. The van der Waals surface area contributed by atoms with Gasteiger partial charge in [0.05, 0.1) is 5.60 Å². The Labute approximate surface area is 110 Å². The monoisotopic (exact) mass is 250 g/mol.